The van der Waals surface area contributed by atoms with Crippen molar-refractivity contribution in [3.8, 4) is 0 Å². The predicted octanol–water partition coefficient (Wildman–Crippen LogP) is 0.195. The lowest BCUT2D eigenvalue weighted by molar-refractivity contribution is -0.126. The number of hydrogen-bond acceptors (Lipinski definition) is 3. The summed E-state index contributed by atoms with van der Waals surface area (Å²) in [7, 11) is 1.74. The van der Waals surface area contributed by atoms with E-state index in [-0.39, 0.29) is 11.9 Å². The van der Waals surface area contributed by atoms with Gasteiger partial charge in [-0.1, -0.05) is 6.92 Å². The summed E-state index contributed by atoms with van der Waals surface area (Å²) in [5.41, 5.74) is 0. The summed E-state index contributed by atoms with van der Waals surface area (Å²) >= 11 is 0. The summed E-state index contributed by atoms with van der Waals surface area (Å²) in [4.78, 5) is 14.2. The van der Waals surface area contributed by atoms with Gasteiger partial charge in [0.1, 0.15) is 0 Å². The molecule has 4 nitrogen and oxygen atoms in total. The van der Waals surface area contributed by atoms with Crippen molar-refractivity contribution in [1.29, 1.82) is 0 Å². The molecule has 4 heteroatoms. The minimum absolute atomic E-state index is 0.121. The normalized spacial score (nSPS) is 36.2. The van der Waals surface area contributed by atoms with Crippen LogP contribution in [0, 0.1) is 5.92 Å². The molecule has 2 aliphatic heterocycles. The molecule has 1 amide bonds. The number of carbonyl (C=O) groups excluding carboxylic acids is 1. The molecule has 2 fully saturated rings. The van der Waals surface area contributed by atoms with Gasteiger partial charge in [-0.25, -0.2) is 0 Å². The first-order valence-electron chi connectivity index (χ1n) is 6.42. The molecule has 2 rings (SSSR count). The third-order valence-corrected chi connectivity index (χ3v) is 4.01. The predicted molar refractivity (Wildman–Crippen MR) is 64.2 cm³/mol. The van der Waals surface area contributed by atoms with Crippen molar-refractivity contribution in [3.05, 3.63) is 0 Å². The number of amides is 1. The Bertz CT molecular complexity index is 257. The van der Waals surface area contributed by atoms with Crippen molar-refractivity contribution in [2.75, 3.05) is 26.7 Å². The Labute approximate surface area is 97.8 Å². The highest BCUT2D eigenvalue weighted by atomic mass is 16.2. The zero-order valence-corrected chi connectivity index (χ0v) is 10.3. The fourth-order valence-electron chi connectivity index (χ4n) is 3.13. The van der Waals surface area contributed by atoms with Gasteiger partial charge in [-0.05, 0) is 44.8 Å². The van der Waals surface area contributed by atoms with Gasteiger partial charge in [0, 0.05) is 13.1 Å². The molecule has 2 saturated heterocycles. The van der Waals surface area contributed by atoms with Crippen LogP contribution in [0.3, 0.4) is 0 Å². The number of nitrogens with zero attached hydrogens (tertiary/aromatic N) is 1. The van der Waals surface area contributed by atoms with Crippen LogP contribution >= 0.6 is 0 Å². The fourth-order valence-corrected chi connectivity index (χ4v) is 3.13. The molecule has 0 spiro atoms. The zero-order chi connectivity index (χ0) is 11.5. The molecule has 0 aliphatic carbocycles. The maximum atomic E-state index is 11.8. The van der Waals surface area contributed by atoms with Crippen LogP contribution < -0.4 is 10.6 Å². The van der Waals surface area contributed by atoms with Crippen LogP contribution in [0.25, 0.3) is 0 Å². The number of rotatable bonds is 2. The molecule has 3 unspecified atom stereocenters. The smallest absolute Gasteiger partial charge is 0.237 e. The number of nitrogens with one attached hydrogen (secondary N) is 2. The molecule has 0 aromatic carbocycles. The molecule has 2 aliphatic rings. The van der Waals surface area contributed by atoms with Crippen molar-refractivity contribution < 1.29 is 4.79 Å². The Morgan fingerprint density at radius 3 is 2.94 bits per heavy atom. The van der Waals surface area contributed by atoms with Crippen molar-refractivity contribution >= 4 is 5.91 Å². The standard InChI is InChI=1S/C12H23N3O/c1-9-8-14-6-5-10(9)15-7-3-4-11(15)12(16)13-2/h9-11,14H,3-8H2,1-2H3,(H,13,16). The van der Waals surface area contributed by atoms with Gasteiger partial charge in [0.05, 0.1) is 6.04 Å². The molecule has 2 heterocycles. The fraction of sp³-hybridized carbons (Fsp3) is 0.917. The van der Waals surface area contributed by atoms with Crippen molar-refractivity contribution in [3.63, 3.8) is 0 Å². The van der Waals surface area contributed by atoms with Gasteiger partial charge >= 0.3 is 0 Å². The van der Waals surface area contributed by atoms with Gasteiger partial charge in [-0.15, -0.1) is 0 Å². The first kappa shape index (κ1) is 11.9. The van der Waals surface area contributed by atoms with Crippen molar-refractivity contribution in [2.45, 2.75) is 38.3 Å². The maximum Gasteiger partial charge on any atom is 0.237 e. The van der Waals surface area contributed by atoms with E-state index < -0.39 is 0 Å². The van der Waals surface area contributed by atoms with Crippen LogP contribution in [0.5, 0.6) is 0 Å². The Morgan fingerprint density at radius 2 is 2.25 bits per heavy atom. The molecule has 0 aromatic heterocycles. The number of piperidine rings is 1. The van der Waals surface area contributed by atoms with E-state index in [1.54, 1.807) is 7.05 Å². The minimum atomic E-state index is 0.121. The number of likely N-dealkylation sites (tertiary alicyclic amines) is 1. The number of likely N-dealkylation sites (N-methyl/N-ethyl adjacent to an activating group) is 1. The SMILES string of the molecule is CNC(=O)C1CCCN1C1CCNCC1C. The average molecular weight is 225 g/mol. The first-order valence-corrected chi connectivity index (χ1v) is 6.42. The highest BCUT2D eigenvalue weighted by molar-refractivity contribution is 5.81. The van der Waals surface area contributed by atoms with Gasteiger partial charge in [0.2, 0.25) is 5.91 Å². The second-order valence-corrected chi connectivity index (χ2v) is 5.05. The molecular weight excluding hydrogens is 202 g/mol. The Balaban J connectivity index is 2.03. The van der Waals surface area contributed by atoms with Crippen LogP contribution in [0.1, 0.15) is 26.2 Å². The lowest BCUT2D eigenvalue weighted by atomic mass is 9.93. The summed E-state index contributed by atoms with van der Waals surface area (Å²) < 4.78 is 0. The summed E-state index contributed by atoms with van der Waals surface area (Å²) in [6.07, 6.45) is 3.36. The van der Waals surface area contributed by atoms with Crippen molar-refractivity contribution in [2.24, 2.45) is 5.92 Å². The molecule has 16 heavy (non-hydrogen) atoms. The summed E-state index contributed by atoms with van der Waals surface area (Å²) in [5, 5.41) is 6.21. The van der Waals surface area contributed by atoms with Gasteiger partial charge < -0.3 is 10.6 Å². The van der Waals surface area contributed by atoms with Crippen LogP contribution in [0.4, 0.5) is 0 Å². The molecule has 0 saturated carbocycles. The van der Waals surface area contributed by atoms with E-state index in [9.17, 15) is 4.79 Å². The molecule has 92 valence electrons. The topological polar surface area (TPSA) is 44.4 Å². The van der Waals surface area contributed by atoms with Gasteiger partial charge in [-0.2, -0.15) is 0 Å². The lowest BCUT2D eigenvalue weighted by Gasteiger charge is -2.39. The highest BCUT2D eigenvalue weighted by Crippen LogP contribution is 2.27. The zero-order valence-electron chi connectivity index (χ0n) is 10.3. The molecule has 0 aromatic rings. The van der Waals surface area contributed by atoms with Crippen LogP contribution in [-0.2, 0) is 4.79 Å². The van der Waals surface area contributed by atoms with E-state index in [0.717, 1.165) is 32.5 Å². The van der Waals surface area contributed by atoms with Gasteiger partial charge in [-0.3, -0.25) is 9.69 Å². The van der Waals surface area contributed by atoms with Crippen LogP contribution in [0.15, 0.2) is 0 Å². The van der Waals surface area contributed by atoms with Crippen molar-refractivity contribution in [1.82, 2.24) is 15.5 Å². The monoisotopic (exact) mass is 225 g/mol. The van der Waals surface area contributed by atoms with Gasteiger partial charge in [0.25, 0.3) is 0 Å². The van der Waals surface area contributed by atoms with Crippen LogP contribution in [-0.4, -0.2) is 49.6 Å². The molecular formula is C12H23N3O. The highest BCUT2D eigenvalue weighted by Gasteiger charge is 2.37. The van der Waals surface area contributed by atoms with E-state index in [0.29, 0.717) is 12.0 Å². The summed E-state index contributed by atoms with van der Waals surface area (Å²) in [5.74, 6) is 0.849. The largest absolute Gasteiger partial charge is 0.358 e. The number of hydrogen-bond donors (Lipinski definition) is 2. The first-order chi connectivity index (χ1) is 7.74. The average Bonchev–Trinajstić information content (AvgIpc) is 2.77. The van der Waals surface area contributed by atoms with E-state index in [2.05, 4.69) is 22.5 Å². The van der Waals surface area contributed by atoms with E-state index in [1.165, 1.54) is 6.42 Å². The summed E-state index contributed by atoms with van der Waals surface area (Å²) in [6.45, 7) is 5.55. The maximum absolute atomic E-state index is 11.8. The second kappa shape index (κ2) is 5.15. The minimum Gasteiger partial charge on any atom is -0.358 e. The van der Waals surface area contributed by atoms with E-state index >= 15 is 0 Å². The third-order valence-electron chi connectivity index (χ3n) is 4.01. The Morgan fingerprint density at radius 1 is 1.44 bits per heavy atom. The molecule has 0 radical (unpaired) electrons. The third kappa shape index (κ3) is 2.23. The quantitative estimate of drug-likeness (QED) is 0.705. The Kier molecular flexibility index (Phi) is 3.82. The summed E-state index contributed by atoms with van der Waals surface area (Å²) in [6, 6.07) is 0.710. The number of carbonyl (C=O) groups is 1. The van der Waals surface area contributed by atoms with E-state index in [1.807, 2.05) is 0 Å². The Hall–Kier alpha value is -0.610. The molecule has 2 N–H and O–H groups in total. The van der Waals surface area contributed by atoms with E-state index in [4.69, 9.17) is 0 Å². The van der Waals surface area contributed by atoms with Crippen LogP contribution in [0.2, 0.25) is 0 Å². The molecule has 3 atom stereocenters. The van der Waals surface area contributed by atoms with Gasteiger partial charge in [0.15, 0.2) is 0 Å². The second-order valence-electron chi connectivity index (χ2n) is 5.05. The lowest BCUT2D eigenvalue weighted by Crippen LogP contribution is -2.53. The molecule has 0 bridgehead atoms.